The molecule has 0 amide bonds. The SMILES string of the molecule is CCOC(=O)C/C=C\c1cc(F)c(F)cc1Br. The summed E-state index contributed by atoms with van der Waals surface area (Å²) in [6.45, 7) is 2.04. The Balaban J connectivity index is 2.71. The molecule has 1 aromatic rings. The number of rotatable bonds is 4. The van der Waals surface area contributed by atoms with Gasteiger partial charge in [0.15, 0.2) is 11.6 Å². The van der Waals surface area contributed by atoms with Crippen LogP contribution in [-0.4, -0.2) is 12.6 Å². The predicted octanol–water partition coefficient (Wildman–Crippen LogP) is 3.69. The summed E-state index contributed by atoms with van der Waals surface area (Å²) in [5.41, 5.74) is 0.466. The quantitative estimate of drug-likeness (QED) is 0.626. The Morgan fingerprint density at radius 1 is 1.41 bits per heavy atom. The first-order valence-electron chi connectivity index (χ1n) is 5.01. The number of benzene rings is 1. The summed E-state index contributed by atoms with van der Waals surface area (Å²) in [7, 11) is 0. The maximum absolute atomic E-state index is 12.9. The second-order valence-corrected chi connectivity index (χ2v) is 4.05. The topological polar surface area (TPSA) is 26.3 Å². The fourth-order valence-corrected chi connectivity index (χ4v) is 1.62. The van der Waals surface area contributed by atoms with E-state index in [0.29, 0.717) is 16.6 Å². The van der Waals surface area contributed by atoms with Crippen LogP contribution in [-0.2, 0) is 9.53 Å². The lowest BCUT2D eigenvalue weighted by atomic mass is 10.2. The summed E-state index contributed by atoms with van der Waals surface area (Å²) in [6, 6.07) is 2.10. The summed E-state index contributed by atoms with van der Waals surface area (Å²) in [4.78, 5) is 11.0. The minimum absolute atomic E-state index is 0.0965. The number of esters is 1. The van der Waals surface area contributed by atoms with Gasteiger partial charge in [-0.05, 0) is 24.6 Å². The average Bonchev–Trinajstić information content (AvgIpc) is 2.26. The second kappa shape index (κ2) is 6.49. The Morgan fingerprint density at radius 3 is 2.71 bits per heavy atom. The van der Waals surface area contributed by atoms with Crippen LogP contribution in [0.2, 0.25) is 0 Å². The molecule has 1 rings (SSSR count). The van der Waals surface area contributed by atoms with E-state index in [1.807, 2.05) is 0 Å². The third-order valence-electron chi connectivity index (χ3n) is 1.93. The van der Waals surface area contributed by atoms with Crippen LogP contribution in [0.5, 0.6) is 0 Å². The first kappa shape index (κ1) is 13.8. The molecule has 0 unspecified atom stereocenters. The van der Waals surface area contributed by atoms with E-state index in [9.17, 15) is 13.6 Å². The summed E-state index contributed by atoms with van der Waals surface area (Å²) in [5.74, 6) is -2.20. The average molecular weight is 305 g/mol. The molecule has 92 valence electrons. The van der Waals surface area contributed by atoms with Gasteiger partial charge in [-0.15, -0.1) is 0 Å². The van der Waals surface area contributed by atoms with Gasteiger partial charge in [0.1, 0.15) is 0 Å². The van der Waals surface area contributed by atoms with Gasteiger partial charge in [-0.1, -0.05) is 28.1 Å². The van der Waals surface area contributed by atoms with Crippen LogP contribution < -0.4 is 0 Å². The number of ether oxygens (including phenoxy) is 1. The summed E-state index contributed by atoms with van der Waals surface area (Å²) >= 11 is 3.11. The van der Waals surface area contributed by atoms with Gasteiger partial charge in [-0.25, -0.2) is 8.78 Å². The molecule has 0 heterocycles. The fourth-order valence-electron chi connectivity index (χ4n) is 1.17. The molecule has 17 heavy (non-hydrogen) atoms. The first-order valence-corrected chi connectivity index (χ1v) is 5.80. The molecule has 0 radical (unpaired) electrons. The second-order valence-electron chi connectivity index (χ2n) is 3.20. The van der Waals surface area contributed by atoms with E-state index in [-0.39, 0.29) is 12.4 Å². The highest BCUT2D eigenvalue weighted by molar-refractivity contribution is 9.10. The third kappa shape index (κ3) is 4.26. The van der Waals surface area contributed by atoms with Crippen LogP contribution in [0, 0.1) is 11.6 Å². The molecule has 0 atom stereocenters. The molecule has 0 saturated carbocycles. The molecule has 0 aliphatic rings. The fraction of sp³-hybridized carbons (Fsp3) is 0.250. The summed E-state index contributed by atoms with van der Waals surface area (Å²) in [5, 5.41) is 0. The van der Waals surface area contributed by atoms with E-state index in [1.54, 1.807) is 6.92 Å². The number of carbonyl (C=O) groups excluding carboxylic acids is 1. The third-order valence-corrected chi connectivity index (χ3v) is 2.61. The van der Waals surface area contributed by atoms with E-state index < -0.39 is 11.6 Å². The Morgan fingerprint density at radius 2 is 2.06 bits per heavy atom. The van der Waals surface area contributed by atoms with Gasteiger partial charge >= 0.3 is 5.97 Å². The van der Waals surface area contributed by atoms with Crippen molar-refractivity contribution in [1.29, 1.82) is 0 Å². The maximum Gasteiger partial charge on any atom is 0.309 e. The van der Waals surface area contributed by atoms with Crippen molar-refractivity contribution in [3.8, 4) is 0 Å². The van der Waals surface area contributed by atoms with Crippen LogP contribution in [0.25, 0.3) is 6.08 Å². The van der Waals surface area contributed by atoms with E-state index in [2.05, 4.69) is 15.9 Å². The first-order chi connectivity index (χ1) is 8.04. The zero-order valence-corrected chi connectivity index (χ0v) is 10.8. The maximum atomic E-state index is 12.9. The zero-order chi connectivity index (χ0) is 12.8. The van der Waals surface area contributed by atoms with Crippen molar-refractivity contribution >= 4 is 28.0 Å². The molecule has 5 heteroatoms. The molecule has 0 fully saturated rings. The molecule has 0 bridgehead atoms. The number of halogens is 3. The van der Waals surface area contributed by atoms with Gasteiger partial charge in [0, 0.05) is 4.47 Å². The van der Waals surface area contributed by atoms with Crippen molar-refractivity contribution < 1.29 is 18.3 Å². The van der Waals surface area contributed by atoms with Gasteiger partial charge in [-0.2, -0.15) is 0 Å². The Labute approximate surface area is 106 Å². The lowest BCUT2D eigenvalue weighted by Crippen LogP contribution is -2.01. The van der Waals surface area contributed by atoms with Gasteiger partial charge in [0.2, 0.25) is 0 Å². The lowest BCUT2D eigenvalue weighted by molar-refractivity contribution is -0.142. The molecule has 2 nitrogen and oxygen atoms in total. The number of hydrogen-bond acceptors (Lipinski definition) is 2. The van der Waals surface area contributed by atoms with E-state index in [1.165, 1.54) is 12.2 Å². The molecule has 0 aliphatic carbocycles. The van der Waals surface area contributed by atoms with Crippen molar-refractivity contribution in [2.24, 2.45) is 0 Å². The molecule has 0 spiro atoms. The highest BCUT2D eigenvalue weighted by atomic mass is 79.9. The van der Waals surface area contributed by atoms with Crippen molar-refractivity contribution in [2.75, 3.05) is 6.61 Å². The highest BCUT2D eigenvalue weighted by Crippen LogP contribution is 2.21. The van der Waals surface area contributed by atoms with Crippen LogP contribution in [0.3, 0.4) is 0 Å². The summed E-state index contributed by atoms with van der Waals surface area (Å²) in [6.07, 6.45) is 3.16. The molecule has 0 aromatic heterocycles. The molecule has 0 saturated heterocycles. The smallest absolute Gasteiger partial charge is 0.309 e. The van der Waals surface area contributed by atoms with Crippen LogP contribution in [0.1, 0.15) is 18.9 Å². The molecule has 0 N–H and O–H groups in total. The van der Waals surface area contributed by atoms with Crippen LogP contribution in [0.4, 0.5) is 8.78 Å². The molecule has 1 aromatic carbocycles. The Bertz CT molecular complexity index is 444. The van der Waals surface area contributed by atoms with Crippen LogP contribution in [0.15, 0.2) is 22.7 Å². The Kier molecular flexibility index (Phi) is 5.28. The zero-order valence-electron chi connectivity index (χ0n) is 9.17. The highest BCUT2D eigenvalue weighted by Gasteiger charge is 2.06. The lowest BCUT2D eigenvalue weighted by Gasteiger charge is -2.00. The predicted molar refractivity (Wildman–Crippen MR) is 64.3 cm³/mol. The van der Waals surface area contributed by atoms with Gasteiger partial charge in [-0.3, -0.25) is 4.79 Å². The molecular formula is C12H11BrF2O2. The van der Waals surface area contributed by atoms with Gasteiger partial charge < -0.3 is 4.74 Å². The van der Waals surface area contributed by atoms with Crippen molar-refractivity contribution in [2.45, 2.75) is 13.3 Å². The van der Waals surface area contributed by atoms with Crippen LogP contribution >= 0.6 is 15.9 Å². The number of hydrogen-bond donors (Lipinski definition) is 0. The van der Waals surface area contributed by atoms with Gasteiger partial charge in [0.05, 0.1) is 13.0 Å². The minimum Gasteiger partial charge on any atom is -0.466 e. The molecule has 0 aliphatic heterocycles. The number of carbonyl (C=O) groups is 1. The van der Waals surface area contributed by atoms with E-state index >= 15 is 0 Å². The standard InChI is InChI=1S/C12H11BrF2O2/c1-2-17-12(16)5-3-4-8-6-10(14)11(15)7-9(8)13/h3-4,6-7H,2,5H2,1H3/b4-3-. The van der Waals surface area contributed by atoms with E-state index in [4.69, 9.17) is 4.74 Å². The van der Waals surface area contributed by atoms with Gasteiger partial charge in [0.25, 0.3) is 0 Å². The van der Waals surface area contributed by atoms with Crippen molar-refractivity contribution in [3.63, 3.8) is 0 Å². The van der Waals surface area contributed by atoms with Crippen molar-refractivity contribution in [3.05, 3.63) is 39.9 Å². The largest absolute Gasteiger partial charge is 0.466 e. The molecular weight excluding hydrogens is 294 g/mol. The normalized spacial score (nSPS) is 10.8. The minimum atomic E-state index is -0.927. The summed E-state index contributed by atoms with van der Waals surface area (Å²) < 4.78 is 30.9. The van der Waals surface area contributed by atoms with Crippen molar-refractivity contribution in [1.82, 2.24) is 0 Å². The van der Waals surface area contributed by atoms with E-state index in [0.717, 1.165) is 12.1 Å². The monoisotopic (exact) mass is 304 g/mol. The Hall–Kier alpha value is -1.23.